The fraction of sp³-hybridized carbons (Fsp3) is 0.560. The van der Waals surface area contributed by atoms with Gasteiger partial charge in [0, 0.05) is 35.6 Å². The molecule has 10 heteroatoms. The first-order valence-corrected chi connectivity index (χ1v) is 13.0. The molecule has 1 aliphatic heterocycles. The van der Waals surface area contributed by atoms with Crippen LogP contribution in [0.5, 0.6) is 0 Å². The molecule has 35 heavy (non-hydrogen) atoms. The van der Waals surface area contributed by atoms with E-state index in [2.05, 4.69) is 26.7 Å². The summed E-state index contributed by atoms with van der Waals surface area (Å²) in [5.41, 5.74) is 0.0303. The minimum absolute atomic E-state index is 0.113. The Kier molecular flexibility index (Phi) is 8.06. The molecular weight excluding hydrogens is 495 g/mol. The van der Waals surface area contributed by atoms with Crippen molar-refractivity contribution in [3.8, 4) is 0 Å². The lowest BCUT2D eigenvalue weighted by molar-refractivity contribution is -0.141. The number of benzene rings is 1. The fourth-order valence-electron chi connectivity index (χ4n) is 5.23. The van der Waals surface area contributed by atoms with Crippen molar-refractivity contribution < 1.29 is 13.2 Å². The Hall–Kier alpha value is -2.13. The summed E-state index contributed by atoms with van der Waals surface area (Å²) in [4.78, 5) is 10.0. The van der Waals surface area contributed by atoms with E-state index in [0.29, 0.717) is 18.1 Å². The molecule has 2 N–H and O–H groups in total. The van der Waals surface area contributed by atoms with Gasteiger partial charge in [-0.1, -0.05) is 43.0 Å². The van der Waals surface area contributed by atoms with Crippen molar-refractivity contribution >= 4 is 40.7 Å². The molecule has 1 saturated carbocycles. The smallest absolute Gasteiger partial charge is 0.361 e. The third-order valence-electron chi connectivity index (χ3n) is 7.16. The van der Waals surface area contributed by atoms with Gasteiger partial charge in [0.05, 0.1) is 0 Å². The molecule has 1 aromatic heterocycles. The van der Waals surface area contributed by atoms with Crippen LogP contribution in [0.4, 0.5) is 24.9 Å². The van der Waals surface area contributed by atoms with Gasteiger partial charge in [-0.15, -0.1) is 0 Å². The summed E-state index contributed by atoms with van der Waals surface area (Å²) in [6.45, 7) is 3.22. The number of thiocarbonyl (C=S) groups is 1. The average Bonchev–Trinajstić information content (AvgIpc) is 2.83. The molecule has 2 aromatic rings. The molecule has 0 radical (unpaired) electrons. The lowest BCUT2D eigenvalue weighted by Crippen LogP contribution is -2.44. The third-order valence-corrected chi connectivity index (χ3v) is 7.64. The van der Waals surface area contributed by atoms with E-state index >= 15 is 0 Å². The molecule has 0 bridgehead atoms. The molecule has 5 nitrogen and oxygen atoms in total. The first-order chi connectivity index (χ1) is 16.7. The topological polar surface area (TPSA) is 53.1 Å². The van der Waals surface area contributed by atoms with Gasteiger partial charge in [0.15, 0.2) is 10.8 Å². The van der Waals surface area contributed by atoms with Crippen LogP contribution in [0.3, 0.4) is 0 Å². The highest BCUT2D eigenvalue weighted by Gasteiger charge is 2.36. The maximum Gasteiger partial charge on any atom is 0.433 e. The lowest BCUT2D eigenvalue weighted by Gasteiger charge is -2.38. The molecule has 1 aliphatic carbocycles. The molecule has 1 atom stereocenters. The zero-order chi connectivity index (χ0) is 25.1. The number of alkyl halides is 3. The molecule has 190 valence electrons. The zero-order valence-corrected chi connectivity index (χ0v) is 21.4. The Morgan fingerprint density at radius 1 is 1.14 bits per heavy atom. The summed E-state index contributed by atoms with van der Waals surface area (Å²) >= 11 is 11.7. The van der Waals surface area contributed by atoms with Crippen LogP contribution in [0.1, 0.15) is 69.5 Å². The van der Waals surface area contributed by atoms with Crippen molar-refractivity contribution in [2.24, 2.45) is 0 Å². The largest absolute Gasteiger partial charge is 0.433 e. The number of nitrogens with zero attached hydrogens (tertiary/aromatic N) is 3. The lowest BCUT2D eigenvalue weighted by atomic mass is 9.69. The van der Waals surface area contributed by atoms with E-state index in [9.17, 15) is 13.2 Å². The first-order valence-electron chi connectivity index (χ1n) is 12.2. The molecule has 2 fully saturated rings. The van der Waals surface area contributed by atoms with Gasteiger partial charge < -0.3 is 15.5 Å². The third kappa shape index (κ3) is 6.36. The van der Waals surface area contributed by atoms with Crippen molar-refractivity contribution in [2.45, 2.75) is 75.9 Å². The minimum atomic E-state index is -4.58. The second-order valence-electron chi connectivity index (χ2n) is 9.63. The van der Waals surface area contributed by atoms with Gasteiger partial charge in [-0.25, -0.2) is 4.98 Å². The fourth-order valence-corrected chi connectivity index (χ4v) is 5.58. The summed E-state index contributed by atoms with van der Waals surface area (Å²) in [5.74, 6) is 0.123. The van der Waals surface area contributed by atoms with Crippen LogP contribution in [0.25, 0.3) is 0 Å². The quantitative estimate of drug-likeness (QED) is 0.423. The van der Waals surface area contributed by atoms with Crippen LogP contribution in [0, 0.1) is 0 Å². The summed E-state index contributed by atoms with van der Waals surface area (Å²) in [6.07, 6.45) is 3.67. The standard InChI is InChI=1S/C25H31ClF3N5S/c1-17-8-3-6-13-34(17)21-15-20(25(27,28)29)31-22(32-21)33-23(35)30-16-24(11-4-2-5-12-24)18-9-7-10-19(26)14-18/h7,9-10,14-15,17H,2-6,8,11-13,16H2,1H3,(H2,30,31,32,33,35). The number of anilines is 2. The van der Waals surface area contributed by atoms with Gasteiger partial charge in [0.2, 0.25) is 5.95 Å². The molecule has 1 aromatic carbocycles. The summed E-state index contributed by atoms with van der Waals surface area (Å²) in [7, 11) is 0. The molecule has 0 amide bonds. The maximum absolute atomic E-state index is 13.6. The minimum Gasteiger partial charge on any atom is -0.361 e. The van der Waals surface area contributed by atoms with Gasteiger partial charge in [-0.2, -0.15) is 18.2 Å². The summed E-state index contributed by atoms with van der Waals surface area (Å²) in [6, 6.07) is 9.02. The number of rotatable bonds is 5. The average molecular weight is 526 g/mol. The van der Waals surface area contributed by atoms with Crippen molar-refractivity contribution in [2.75, 3.05) is 23.3 Å². The second-order valence-corrected chi connectivity index (χ2v) is 10.5. The predicted molar refractivity (Wildman–Crippen MR) is 138 cm³/mol. The van der Waals surface area contributed by atoms with Gasteiger partial charge >= 0.3 is 6.18 Å². The second kappa shape index (κ2) is 10.9. The van der Waals surface area contributed by atoms with Crippen molar-refractivity contribution in [3.63, 3.8) is 0 Å². The van der Waals surface area contributed by atoms with Crippen LogP contribution in [-0.2, 0) is 11.6 Å². The highest BCUT2D eigenvalue weighted by atomic mass is 35.5. The number of nitrogens with one attached hydrogen (secondary N) is 2. The Bertz CT molecular complexity index is 1040. The van der Waals surface area contributed by atoms with E-state index in [4.69, 9.17) is 23.8 Å². The van der Waals surface area contributed by atoms with Gasteiger partial charge in [-0.05, 0) is 68.9 Å². The van der Waals surface area contributed by atoms with E-state index in [0.717, 1.165) is 56.6 Å². The van der Waals surface area contributed by atoms with E-state index in [1.165, 1.54) is 6.42 Å². The van der Waals surface area contributed by atoms with Crippen LogP contribution < -0.4 is 15.5 Å². The Labute approximate surface area is 214 Å². The number of piperidine rings is 1. The van der Waals surface area contributed by atoms with Crippen molar-refractivity contribution in [3.05, 3.63) is 46.6 Å². The highest BCUT2D eigenvalue weighted by molar-refractivity contribution is 7.80. The van der Waals surface area contributed by atoms with Crippen LogP contribution in [0.15, 0.2) is 30.3 Å². The molecule has 4 rings (SSSR count). The SMILES string of the molecule is CC1CCCCN1c1cc(C(F)(F)F)nc(NC(=S)NCC2(c3cccc(Cl)c3)CCCCC2)n1. The van der Waals surface area contributed by atoms with Gasteiger partial charge in [0.25, 0.3) is 0 Å². The highest BCUT2D eigenvalue weighted by Crippen LogP contribution is 2.40. The number of hydrogen-bond acceptors (Lipinski definition) is 4. The predicted octanol–water partition coefficient (Wildman–Crippen LogP) is 6.72. The van der Waals surface area contributed by atoms with E-state index in [1.54, 1.807) is 0 Å². The van der Waals surface area contributed by atoms with Crippen molar-refractivity contribution in [1.82, 2.24) is 15.3 Å². The van der Waals surface area contributed by atoms with E-state index in [1.807, 2.05) is 30.0 Å². The molecular formula is C25H31ClF3N5S. The van der Waals surface area contributed by atoms with Crippen LogP contribution in [-0.4, -0.2) is 34.2 Å². The first kappa shape index (κ1) is 25.9. The zero-order valence-electron chi connectivity index (χ0n) is 19.8. The molecule has 0 spiro atoms. The Morgan fingerprint density at radius 3 is 2.60 bits per heavy atom. The summed E-state index contributed by atoms with van der Waals surface area (Å²) < 4.78 is 40.8. The maximum atomic E-state index is 13.6. The Morgan fingerprint density at radius 2 is 1.91 bits per heavy atom. The monoisotopic (exact) mass is 525 g/mol. The van der Waals surface area contributed by atoms with E-state index in [-0.39, 0.29) is 28.3 Å². The van der Waals surface area contributed by atoms with Crippen LogP contribution >= 0.6 is 23.8 Å². The Balaban J connectivity index is 1.52. The van der Waals surface area contributed by atoms with Gasteiger partial charge in [-0.3, -0.25) is 0 Å². The number of aromatic nitrogens is 2. The molecule has 2 aliphatic rings. The summed E-state index contributed by atoms with van der Waals surface area (Å²) in [5, 5.41) is 6.93. The molecule has 1 saturated heterocycles. The molecule has 2 heterocycles. The van der Waals surface area contributed by atoms with Crippen LogP contribution in [0.2, 0.25) is 5.02 Å². The number of hydrogen-bond donors (Lipinski definition) is 2. The molecule has 1 unspecified atom stereocenters. The van der Waals surface area contributed by atoms with E-state index < -0.39 is 11.9 Å². The van der Waals surface area contributed by atoms with Crippen molar-refractivity contribution in [1.29, 1.82) is 0 Å². The number of halogens is 4. The normalized spacial score (nSPS) is 20.4. The van der Waals surface area contributed by atoms with Gasteiger partial charge in [0.1, 0.15) is 5.82 Å².